The second kappa shape index (κ2) is 6.85. The SMILES string of the molecule is COC1CCC(NCC2CN(C)CCN2C)CC1. The van der Waals surface area contributed by atoms with Gasteiger partial charge in [0, 0.05) is 45.4 Å². The smallest absolute Gasteiger partial charge is 0.0572 e. The Morgan fingerprint density at radius 3 is 2.50 bits per heavy atom. The number of methoxy groups -OCH3 is 1. The van der Waals surface area contributed by atoms with E-state index in [-0.39, 0.29) is 0 Å². The Hall–Kier alpha value is -0.160. The van der Waals surface area contributed by atoms with Crippen molar-refractivity contribution in [3.8, 4) is 0 Å². The van der Waals surface area contributed by atoms with Crippen molar-refractivity contribution in [3.05, 3.63) is 0 Å². The van der Waals surface area contributed by atoms with E-state index in [0.29, 0.717) is 18.2 Å². The predicted octanol–water partition coefficient (Wildman–Crippen LogP) is 0.779. The Balaban J connectivity index is 1.68. The van der Waals surface area contributed by atoms with Gasteiger partial charge in [-0.05, 0) is 39.8 Å². The quantitative estimate of drug-likeness (QED) is 0.803. The third-order valence-corrected chi connectivity index (χ3v) is 4.63. The van der Waals surface area contributed by atoms with Gasteiger partial charge in [0.1, 0.15) is 0 Å². The number of likely N-dealkylation sites (N-methyl/N-ethyl adjacent to an activating group) is 2. The molecule has 4 nitrogen and oxygen atoms in total. The molecule has 0 aromatic heterocycles. The second-order valence-corrected chi connectivity index (χ2v) is 6.01. The summed E-state index contributed by atoms with van der Waals surface area (Å²) in [5.74, 6) is 0. The van der Waals surface area contributed by atoms with Gasteiger partial charge in [0.05, 0.1) is 6.10 Å². The molecular formula is C14H29N3O. The summed E-state index contributed by atoms with van der Waals surface area (Å²) in [7, 11) is 6.32. The highest BCUT2D eigenvalue weighted by molar-refractivity contribution is 4.84. The maximum Gasteiger partial charge on any atom is 0.0572 e. The van der Waals surface area contributed by atoms with Gasteiger partial charge in [-0.25, -0.2) is 0 Å². The summed E-state index contributed by atoms with van der Waals surface area (Å²) < 4.78 is 5.42. The monoisotopic (exact) mass is 255 g/mol. The van der Waals surface area contributed by atoms with Crippen molar-refractivity contribution in [3.63, 3.8) is 0 Å². The van der Waals surface area contributed by atoms with Crippen LogP contribution in [-0.2, 0) is 4.74 Å². The highest BCUT2D eigenvalue weighted by atomic mass is 16.5. The van der Waals surface area contributed by atoms with Gasteiger partial charge in [-0.2, -0.15) is 0 Å². The lowest BCUT2D eigenvalue weighted by atomic mass is 9.93. The molecule has 2 fully saturated rings. The average molecular weight is 255 g/mol. The van der Waals surface area contributed by atoms with Crippen molar-refractivity contribution in [1.82, 2.24) is 15.1 Å². The normalized spacial score (nSPS) is 35.8. The lowest BCUT2D eigenvalue weighted by Crippen LogP contribution is -2.55. The van der Waals surface area contributed by atoms with Gasteiger partial charge in [0.2, 0.25) is 0 Å². The molecule has 106 valence electrons. The van der Waals surface area contributed by atoms with E-state index in [9.17, 15) is 0 Å². The molecule has 0 radical (unpaired) electrons. The van der Waals surface area contributed by atoms with E-state index in [1.54, 1.807) is 0 Å². The second-order valence-electron chi connectivity index (χ2n) is 6.01. The molecule has 1 saturated heterocycles. The molecule has 18 heavy (non-hydrogen) atoms. The number of nitrogens with one attached hydrogen (secondary N) is 1. The van der Waals surface area contributed by atoms with Crippen molar-refractivity contribution in [2.24, 2.45) is 0 Å². The van der Waals surface area contributed by atoms with Crippen LogP contribution in [0, 0.1) is 0 Å². The number of nitrogens with zero attached hydrogens (tertiary/aromatic N) is 2. The molecule has 1 N–H and O–H groups in total. The van der Waals surface area contributed by atoms with E-state index in [0.717, 1.165) is 6.54 Å². The third-order valence-electron chi connectivity index (χ3n) is 4.63. The van der Waals surface area contributed by atoms with Gasteiger partial charge in [0.15, 0.2) is 0 Å². The largest absolute Gasteiger partial charge is 0.381 e. The highest BCUT2D eigenvalue weighted by Crippen LogP contribution is 2.20. The van der Waals surface area contributed by atoms with Crippen LogP contribution in [-0.4, -0.2) is 75.4 Å². The highest BCUT2D eigenvalue weighted by Gasteiger charge is 2.25. The van der Waals surface area contributed by atoms with Gasteiger partial charge in [-0.3, -0.25) is 4.90 Å². The van der Waals surface area contributed by atoms with E-state index >= 15 is 0 Å². The summed E-state index contributed by atoms with van der Waals surface area (Å²) in [5, 5.41) is 3.76. The van der Waals surface area contributed by atoms with Crippen molar-refractivity contribution in [1.29, 1.82) is 0 Å². The Morgan fingerprint density at radius 1 is 1.11 bits per heavy atom. The van der Waals surface area contributed by atoms with Crippen molar-refractivity contribution in [2.45, 2.75) is 43.9 Å². The van der Waals surface area contributed by atoms with Crippen molar-refractivity contribution < 1.29 is 4.74 Å². The fourth-order valence-corrected chi connectivity index (χ4v) is 3.13. The molecule has 1 unspecified atom stereocenters. The molecule has 0 aromatic rings. The lowest BCUT2D eigenvalue weighted by Gasteiger charge is -2.39. The Morgan fingerprint density at radius 2 is 1.83 bits per heavy atom. The summed E-state index contributed by atoms with van der Waals surface area (Å²) in [4.78, 5) is 4.93. The number of rotatable bonds is 4. The predicted molar refractivity (Wildman–Crippen MR) is 75.0 cm³/mol. The Bertz CT molecular complexity index is 241. The minimum Gasteiger partial charge on any atom is -0.381 e. The topological polar surface area (TPSA) is 27.7 Å². The zero-order valence-corrected chi connectivity index (χ0v) is 12.2. The number of piperazine rings is 1. The van der Waals surface area contributed by atoms with Crippen LogP contribution in [0.2, 0.25) is 0 Å². The molecule has 0 aromatic carbocycles. The molecule has 2 aliphatic rings. The summed E-state index contributed by atoms with van der Waals surface area (Å²) >= 11 is 0. The van der Waals surface area contributed by atoms with Gasteiger partial charge in [-0.15, -0.1) is 0 Å². The number of hydrogen-bond acceptors (Lipinski definition) is 4. The molecule has 1 saturated carbocycles. The summed E-state index contributed by atoms with van der Waals surface area (Å²) in [5.41, 5.74) is 0. The zero-order valence-electron chi connectivity index (χ0n) is 12.2. The van der Waals surface area contributed by atoms with Gasteiger partial charge < -0.3 is 15.0 Å². The standard InChI is InChI=1S/C14H29N3O/c1-16-8-9-17(2)13(11-16)10-15-12-4-6-14(18-3)7-5-12/h12-15H,4-11H2,1-3H3. The average Bonchev–Trinajstić information content (AvgIpc) is 2.40. The first-order chi connectivity index (χ1) is 8.69. The first-order valence-corrected chi connectivity index (χ1v) is 7.34. The number of hydrogen-bond donors (Lipinski definition) is 1. The molecule has 1 aliphatic carbocycles. The Kier molecular flexibility index (Phi) is 5.42. The maximum absolute atomic E-state index is 5.42. The fourth-order valence-electron chi connectivity index (χ4n) is 3.13. The summed E-state index contributed by atoms with van der Waals surface area (Å²) in [6, 6.07) is 1.38. The lowest BCUT2D eigenvalue weighted by molar-refractivity contribution is 0.0594. The van der Waals surface area contributed by atoms with Crippen LogP contribution in [0.25, 0.3) is 0 Å². The van der Waals surface area contributed by atoms with Gasteiger partial charge >= 0.3 is 0 Å². The molecule has 4 heteroatoms. The first-order valence-electron chi connectivity index (χ1n) is 7.34. The molecule has 1 atom stereocenters. The maximum atomic E-state index is 5.42. The molecule has 0 spiro atoms. The van der Waals surface area contributed by atoms with E-state index in [1.165, 1.54) is 45.3 Å². The fraction of sp³-hybridized carbons (Fsp3) is 1.00. The zero-order chi connectivity index (χ0) is 13.0. The molecule has 0 bridgehead atoms. The van der Waals surface area contributed by atoms with E-state index < -0.39 is 0 Å². The van der Waals surface area contributed by atoms with Crippen molar-refractivity contribution in [2.75, 3.05) is 47.4 Å². The Labute approximate surface area is 112 Å². The van der Waals surface area contributed by atoms with Gasteiger partial charge in [-0.1, -0.05) is 0 Å². The van der Waals surface area contributed by atoms with Crippen molar-refractivity contribution >= 4 is 0 Å². The molecule has 1 heterocycles. The summed E-state index contributed by atoms with van der Waals surface area (Å²) in [6.07, 6.45) is 5.48. The minimum atomic E-state index is 0.506. The first kappa shape index (κ1) is 14.3. The third kappa shape index (κ3) is 3.92. The van der Waals surface area contributed by atoms with Crippen LogP contribution in [0.15, 0.2) is 0 Å². The van der Waals surface area contributed by atoms with Crippen LogP contribution in [0.5, 0.6) is 0 Å². The number of ether oxygens (including phenoxy) is 1. The van der Waals surface area contributed by atoms with E-state index in [2.05, 4.69) is 29.2 Å². The van der Waals surface area contributed by atoms with E-state index in [4.69, 9.17) is 4.74 Å². The molecule has 2 rings (SSSR count). The molecular weight excluding hydrogens is 226 g/mol. The van der Waals surface area contributed by atoms with Crippen LogP contribution < -0.4 is 5.32 Å². The van der Waals surface area contributed by atoms with E-state index in [1.807, 2.05) is 7.11 Å². The van der Waals surface area contributed by atoms with Crippen LogP contribution in [0.3, 0.4) is 0 Å². The van der Waals surface area contributed by atoms with Crippen LogP contribution >= 0.6 is 0 Å². The van der Waals surface area contributed by atoms with Crippen LogP contribution in [0.4, 0.5) is 0 Å². The van der Waals surface area contributed by atoms with Gasteiger partial charge in [0.25, 0.3) is 0 Å². The summed E-state index contributed by atoms with van der Waals surface area (Å²) in [6.45, 7) is 4.71. The van der Waals surface area contributed by atoms with Crippen LogP contribution in [0.1, 0.15) is 25.7 Å². The minimum absolute atomic E-state index is 0.506. The molecule has 1 aliphatic heterocycles. The molecule has 0 amide bonds.